The molecule has 0 amide bonds. The van der Waals surface area contributed by atoms with Crippen LogP contribution in [0.5, 0.6) is 11.5 Å². The molecule has 6 heteroatoms. The number of para-hydroxylation sites is 2. The van der Waals surface area contributed by atoms with E-state index >= 15 is 0 Å². The maximum atomic E-state index is 14.4. The molecule has 1 saturated heterocycles. The molecule has 0 unspecified atom stereocenters. The normalized spacial score (nSPS) is 19.8. The molecular weight excluding hydrogens is 347 g/mol. The van der Waals surface area contributed by atoms with E-state index < -0.39 is 0 Å². The van der Waals surface area contributed by atoms with Crippen LogP contribution in [0.15, 0.2) is 42.5 Å². The molecule has 0 radical (unpaired) electrons. The number of carbonyl (C=O) groups excluding carboxylic acids is 1. The highest BCUT2D eigenvalue weighted by Crippen LogP contribution is 2.31. The molecule has 2 heterocycles. The molecule has 4 rings (SSSR count). The van der Waals surface area contributed by atoms with Gasteiger partial charge in [-0.15, -0.1) is 0 Å². The van der Waals surface area contributed by atoms with Crippen LogP contribution in [0, 0.1) is 5.82 Å². The van der Waals surface area contributed by atoms with Crippen LogP contribution in [0.25, 0.3) is 0 Å². The lowest BCUT2D eigenvalue weighted by molar-refractivity contribution is 0.0571. The SMILES string of the molecule is CC(=O)c1ccc(N2CCN(C[C@@H]3COc4ccccc4O3)CC2)c(F)c1. The summed E-state index contributed by atoms with van der Waals surface area (Å²) in [6, 6.07) is 12.4. The van der Waals surface area contributed by atoms with Crippen LogP contribution < -0.4 is 14.4 Å². The first-order valence-electron chi connectivity index (χ1n) is 9.26. The molecule has 1 fully saturated rings. The third-order valence-corrected chi connectivity index (χ3v) is 5.10. The van der Waals surface area contributed by atoms with Gasteiger partial charge in [-0.25, -0.2) is 4.39 Å². The first-order chi connectivity index (χ1) is 13.1. The Kier molecular flexibility index (Phi) is 4.99. The Morgan fingerprint density at radius 2 is 1.85 bits per heavy atom. The number of benzene rings is 2. The lowest BCUT2D eigenvalue weighted by Gasteiger charge is -2.38. The molecule has 142 valence electrons. The van der Waals surface area contributed by atoms with Gasteiger partial charge in [0.1, 0.15) is 18.5 Å². The number of halogens is 1. The van der Waals surface area contributed by atoms with Crippen LogP contribution in [-0.4, -0.2) is 56.1 Å². The summed E-state index contributed by atoms with van der Waals surface area (Å²) >= 11 is 0. The lowest BCUT2D eigenvalue weighted by atomic mass is 10.1. The van der Waals surface area contributed by atoms with Crippen molar-refractivity contribution in [3.63, 3.8) is 0 Å². The number of ketones is 1. The molecule has 0 saturated carbocycles. The minimum absolute atomic E-state index is 0.00182. The zero-order chi connectivity index (χ0) is 18.8. The highest BCUT2D eigenvalue weighted by molar-refractivity contribution is 5.94. The largest absolute Gasteiger partial charge is 0.486 e. The van der Waals surface area contributed by atoms with Gasteiger partial charge in [-0.3, -0.25) is 9.69 Å². The quantitative estimate of drug-likeness (QED) is 0.774. The summed E-state index contributed by atoms with van der Waals surface area (Å²) < 4.78 is 26.2. The Morgan fingerprint density at radius 1 is 1.11 bits per heavy atom. The third-order valence-electron chi connectivity index (χ3n) is 5.10. The van der Waals surface area contributed by atoms with Crippen molar-refractivity contribution in [2.75, 3.05) is 44.2 Å². The molecule has 2 aliphatic rings. The predicted molar refractivity (Wildman–Crippen MR) is 101 cm³/mol. The standard InChI is InChI=1S/C21H23FN2O3/c1-15(25)16-6-7-19(18(22)12-16)24-10-8-23(9-11-24)13-17-14-26-20-4-2-3-5-21(20)27-17/h2-7,12,17H,8-11,13-14H2,1H3/t17-/m1/s1. The average molecular weight is 370 g/mol. The van der Waals surface area contributed by atoms with E-state index in [1.165, 1.54) is 13.0 Å². The fourth-order valence-electron chi connectivity index (χ4n) is 3.59. The number of Topliss-reactive ketones (excluding diaryl/α,β-unsaturated/α-hetero) is 1. The molecule has 0 aromatic heterocycles. The van der Waals surface area contributed by atoms with Crippen LogP contribution >= 0.6 is 0 Å². The fourth-order valence-corrected chi connectivity index (χ4v) is 3.59. The minimum atomic E-state index is -0.336. The molecule has 0 N–H and O–H groups in total. The number of piperazine rings is 1. The number of fused-ring (bicyclic) bond motifs is 1. The first-order valence-corrected chi connectivity index (χ1v) is 9.26. The summed E-state index contributed by atoms with van der Waals surface area (Å²) in [6.07, 6.45) is -0.00182. The zero-order valence-corrected chi connectivity index (χ0v) is 15.4. The topological polar surface area (TPSA) is 42.0 Å². The second-order valence-corrected chi connectivity index (χ2v) is 7.01. The number of hydrogen-bond donors (Lipinski definition) is 0. The third kappa shape index (κ3) is 3.90. The van der Waals surface area contributed by atoms with Crippen molar-refractivity contribution in [1.82, 2.24) is 4.90 Å². The van der Waals surface area contributed by atoms with E-state index in [1.54, 1.807) is 12.1 Å². The maximum absolute atomic E-state index is 14.4. The van der Waals surface area contributed by atoms with Gasteiger partial charge in [0.05, 0.1) is 5.69 Å². The lowest BCUT2D eigenvalue weighted by Crippen LogP contribution is -2.50. The summed E-state index contributed by atoms with van der Waals surface area (Å²) in [5.41, 5.74) is 0.968. The van der Waals surface area contributed by atoms with Crippen molar-refractivity contribution < 1.29 is 18.7 Å². The van der Waals surface area contributed by atoms with Gasteiger partial charge in [0.15, 0.2) is 17.3 Å². The average Bonchev–Trinajstić information content (AvgIpc) is 2.68. The van der Waals surface area contributed by atoms with Gasteiger partial charge >= 0.3 is 0 Å². The van der Waals surface area contributed by atoms with Gasteiger partial charge < -0.3 is 14.4 Å². The van der Waals surface area contributed by atoms with Gasteiger partial charge in [-0.05, 0) is 37.3 Å². The molecule has 0 spiro atoms. The summed E-state index contributed by atoms with van der Waals surface area (Å²) in [6.45, 7) is 5.90. The fraction of sp³-hybridized carbons (Fsp3) is 0.381. The first kappa shape index (κ1) is 17.8. The summed E-state index contributed by atoms with van der Waals surface area (Å²) in [4.78, 5) is 15.7. The van der Waals surface area contributed by atoms with Gasteiger partial charge in [-0.2, -0.15) is 0 Å². The highest BCUT2D eigenvalue weighted by atomic mass is 19.1. The second kappa shape index (κ2) is 7.56. The molecule has 2 aromatic rings. The Labute approximate surface area is 158 Å². The Balaban J connectivity index is 1.33. The number of ether oxygens (including phenoxy) is 2. The Hall–Kier alpha value is -2.60. The van der Waals surface area contributed by atoms with Crippen LogP contribution in [-0.2, 0) is 0 Å². The van der Waals surface area contributed by atoms with Gasteiger partial charge in [0, 0.05) is 38.3 Å². The minimum Gasteiger partial charge on any atom is -0.486 e. The van der Waals surface area contributed by atoms with Gasteiger partial charge in [0.2, 0.25) is 0 Å². The van der Waals surface area contributed by atoms with Crippen LogP contribution in [0.2, 0.25) is 0 Å². The van der Waals surface area contributed by atoms with E-state index in [0.717, 1.165) is 44.2 Å². The van der Waals surface area contributed by atoms with E-state index in [2.05, 4.69) is 4.90 Å². The van der Waals surface area contributed by atoms with E-state index in [0.29, 0.717) is 17.9 Å². The summed E-state index contributed by atoms with van der Waals surface area (Å²) in [5.74, 6) is 1.13. The molecule has 0 aliphatic carbocycles. The van der Waals surface area contributed by atoms with Crippen molar-refractivity contribution in [1.29, 1.82) is 0 Å². The monoisotopic (exact) mass is 370 g/mol. The molecular formula is C21H23FN2O3. The molecule has 2 aliphatic heterocycles. The van der Waals surface area contributed by atoms with Crippen molar-refractivity contribution in [3.05, 3.63) is 53.8 Å². The number of anilines is 1. The van der Waals surface area contributed by atoms with E-state index in [-0.39, 0.29) is 17.7 Å². The van der Waals surface area contributed by atoms with Crippen molar-refractivity contribution >= 4 is 11.5 Å². The maximum Gasteiger partial charge on any atom is 0.161 e. The van der Waals surface area contributed by atoms with E-state index in [1.807, 2.05) is 29.2 Å². The molecule has 0 bridgehead atoms. The molecule has 5 nitrogen and oxygen atoms in total. The van der Waals surface area contributed by atoms with Crippen LogP contribution in [0.3, 0.4) is 0 Å². The number of hydrogen-bond acceptors (Lipinski definition) is 5. The predicted octanol–water partition coefficient (Wildman–Crippen LogP) is 2.99. The molecule has 27 heavy (non-hydrogen) atoms. The summed E-state index contributed by atoms with van der Waals surface area (Å²) in [5, 5.41) is 0. The Morgan fingerprint density at radius 3 is 2.56 bits per heavy atom. The van der Waals surface area contributed by atoms with Crippen LogP contribution in [0.4, 0.5) is 10.1 Å². The van der Waals surface area contributed by atoms with E-state index in [4.69, 9.17) is 9.47 Å². The highest BCUT2D eigenvalue weighted by Gasteiger charge is 2.26. The number of nitrogens with zero attached hydrogens (tertiary/aromatic N) is 2. The zero-order valence-electron chi connectivity index (χ0n) is 15.4. The Bertz CT molecular complexity index is 834. The van der Waals surface area contributed by atoms with Crippen molar-refractivity contribution in [2.45, 2.75) is 13.0 Å². The van der Waals surface area contributed by atoms with Gasteiger partial charge in [-0.1, -0.05) is 12.1 Å². The van der Waals surface area contributed by atoms with Gasteiger partial charge in [0.25, 0.3) is 0 Å². The van der Waals surface area contributed by atoms with E-state index in [9.17, 15) is 9.18 Å². The smallest absolute Gasteiger partial charge is 0.161 e. The molecule has 1 atom stereocenters. The number of carbonyl (C=O) groups is 1. The number of rotatable bonds is 4. The second-order valence-electron chi connectivity index (χ2n) is 7.01. The van der Waals surface area contributed by atoms with Crippen molar-refractivity contribution in [3.8, 4) is 11.5 Å². The molecule has 2 aromatic carbocycles. The summed E-state index contributed by atoms with van der Waals surface area (Å²) in [7, 11) is 0. The van der Waals surface area contributed by atoms with Crippen LogP contribution in [0.1, 0.15) is 17.3 Å². The van der Waals surface area contributed by atoms with Crippen molar-refractivity contribution in [2.24, 2.45) is 0 Å².